The lowest BCUT2D eigenvalue weighted by Crippen LogP contribution is -2.67. The summed E-state index contributed by atoms with van der Waals surface area (Å²) in [4.78, 5) is 40.3. The summed E-state index contributed by atoms with van der Waals surface area (Å²) in [7, 11) is 0. The van der Waals surface area contributed by atoms with Gasteiger partial charge in [0.25, 0.3) is 0 Å². The van der Waals surface area contributed by atoms with Crippen LogP contribution in [0.15, 0.2) is 60.9 Å². The van der Waals surface area contributed by atoms with E-state index < -0.39 is 177 Å². The third kappa shape index (κ3) is 16.6. The first-order valence-corrected chi connectivity index (χ1v) is 32.5. The van der Waals surface area contributed by atoms with E-state index in [2.05, 4.69) is 36.6 Å². The number of aliphatic hydroxyl groups excluding tert-OH is 9. The molecule has 2 amide bonds. The molecule has 29 nitrogen and oxygen atoms in total. The molecule has 5 heterocycles. The Labute approximate surface area is 541 Å². The fraction of sp³-hybridized carbons (Fsp3) is 0.698. The number of carbonyl (C=O) groups excluding carboxylic acids is 2. The van der Waals surface area contributed by atoms with Crippen molar-refractivity contribution < 1.29 is 107 Å². The van der Waals surface area contributed by atoms with Crippen LogP contribution >= 0.6 is 0 Å². The summed E-state index contributed by atoms with van der Waals surface area (Å²) in [6, 6.07) is 7.52. The smallest absolute Gasteiger partial charge is 0.332 e. The Morgan fingerprint density at radius 3 is 1.95 bits per heavy atom. The van der Waals surface area contributed by atoms with Crippen LogP contribution in [0.1, 0.15) is 103 Å². The lowest BCUT2D eigenvalue weighted by molar-refractivity contribution is -0.339. The molecule has 31 heteroatoms. The third-order valence-corrected chi connectivity index (χ3v) is 19.3. The zero-order valence-electron chi connectivity index (χ0n) is 52.5. The number of rotatable bonds is 25. The van der Waals surface area contributed by atoms with Gasteiger partial charge < -0.3 is 100 Å². The van der Waals surface area contributed by atoms with Crippen molar-refractivity contribution in [3.63, 3.8) is 0 Å². The molecule has 0 radical (unpaired) electrons. The second-order valence-electron chi connectivity index (χ2n) is 25.9. The highest BCUT2D eigenvalue weighted by Gasteiger charge is 2.54. The zero-order valence-corrected chi connectivity index (χ0v) is 52.5. The Morgan fingerprint density at radius 1 is 0.681 bits per heavy atom. The van der Waals surface area contributed by atoms with Crippen LogP contribution in [0, 0.1) is 35.3 Å². The molecular formula is C63H89F2N9O20. The maximum atomic E-state index is 14.4. The minimum Gasteiger partial charge on any atom is -0.479 e. The highest BCUT2D eigenvalue weighted by molar-refractivity contribution is 5.79. The Morgan fingerprint density at radius 2 is 1.31 bits per heavy atom. The van der Waals surface area contributed by atoms with E-state index in [-0.39, 0.29) is 67.9 Å². The van der Waals surface area contributed by atoms with Crippen LogP contribution in [0.4, 0.5) is 8.78 Å². The fourth-order valence-corrected chi connectivity index (χ4v) is 14.3. The number of nitrogens with zero attached hydrogens (tertiary/aromatic N) is 6. The van der Waals surface area contributed by atoms with Crippen LogP contribution in [0.2, 0.25) is 0 Å². The van der Waals surface area contributed by atoms with E-state index in [0.29, 0.717) is 30.5 Å². The number of halogens is 2. The summed E-state index contributed by atoms with van der Waals surface area (Å²) in [5.74, 6) is -4.79. The van der Waals surface area contributed by atoms with Crippen molar-refractivity contribution in [1.82, 2.24) is 45.9 Å². The predicted molar refractivity (Wildman–Crippen MR) is 322 cm³/mol. The number of benzene rings is 2. The van der Waals surface area contributed by atoms with Gasteiger partial charge in [-0.3, -0.25) is 9.59 Å². The second kappa shape index (κ2) is 32.1. The molecule has 520 valence electrons. The van der Waals surface area contributed by atoms with Gasteiger partial charge in [0, 0.05) is 37.1 Å². The zero-order chi connectivity index (χ0) is 67.1. The lowest BCUT2D eigenvalue weighted by Gasteiger charge is -2.49. The number of aliphatic carboxylic acids is 1. The molecular weight excluding hydrogens is 1240 g/mol. The lowest BCUT2D eigenvalue weighted by atomic mass is 9.76. The van der Waals surface area contributed by atoms with E-state index >= 15 is 0 Å². The minimum absolute atomic E-state index is 0.00574. The number of aliphatic hydroxyl groups is 9. The molecule has 13 N–H and O–H groups in total. The molecule has 0 bridgehead atoms. The summed E-state index contributed by atoms with van der Waals surface area (Å²) >= 11 is 0. The van der Waals surface area contributed by atoms with E-state index in [9.17, 15) is 74.2 Å². The number of carboxylic acids is 1. The van der Waals surface area contributed by atoms with Gasteiger partial charge in [0.15, 0.2) is 25.0 Å². The number of hydrogen-bond acceptors (Lipinski definition) is 24. The highest BCUT2D eigenvalue weighted by Crippen LogP contribution is 2.42. The normalized spacial score (nSPS) is 36.2. The Hall–Kier alpha value is -5.69. The first-order chi connectivity index (χ1) is 45.1. The molecule has 3 saturated carbocycles. The van der Waals surface area contributed by atoms with Crippen LogP contribution in [-0.4, -0.2) is 248 Å². The number of carbonyl (C=O) groups is 3. The molecule has 3 aliphatic carbocycles. The maximum absolute atomic E-state index is 14.4. The molecule has 94 heavy (non-hydrogen) atoms. The largest absolute Gasteiger partial charge is 0.479 e. The van der Waals surface area contributed by atoms with Gasteiger partial charge >= 0.3 is 5.97 Å². The van der Waals surface area contributed by atoms with Crippen LogP contribution in [-0.2, 0) is 47.5 Å². The molecule has 3 saturated heterocycles. The van der Waals surface area contributed by atoms with Crippen molar-refractivity contribution in [3.05, 3.63) is 72.6 Å². The van der Waals surface area contributed by atoms with Crippen LogP contribution in [0.25, 0.3) is 22.5 Å². The number of ether oxygens (including phenoxy) is 7. The number of nitrogens with one attached hydrogen (secondary N) is 3. The number of hydrogen-bond donors (Lipinski definition) is 13. The van der Waals surface area contributed by atoms with Crippen molar-refractivity contribution in [2.45, 2.75) is 220 Å². The summed E-state index contributed by atoms with van der Waals surface area (Å²) < 4.78 is 75.2. The number of amides is 2. The van der Waals surface area contributed by atoms with E-state index in [1.807, 2.05) is 6.92 Å². The summed E-state index contributed by atoms with van der Waals surface area (Å²) in [5, 5.41) is 137. The molecule has 2 aromatic heterocycles. The molecule has 6 fully saturated rings. The molecule has 4 aromatic rings. The van der Waals surface area contributed by atoms with Crippen molar-refractivity contribution in [2.75, 3.05) is 32.8 Å². The van der Waals surface area contributed by atoms with Crippen LogP contribution in [0.3, 0.4) is 0 Å². The topological polar surface area (TPSA) is 416 Å². The van der Waals surface area contributed by atoms with Crippen molar-refractivity contribution in [2.24, 2.45) is 23.7 Å². The standard InChI is InChI=1S/C63H89F2N9O20/c1-4-34-18-33(20-44(57(34)94-63-56(84)55(83)50(78)30(2)88-63)91-61-48(68-31(3)77)58(53(81)47(29-76)92-61)89-45(60(86)87)19-32-10-6-5-7-11-32)25-66-16-17-67-59(85)37-23-42(73-26-40(69-71-73)35-12-8-14-38(64)21-35)51(79)43(24-37)90-62-54(82)49(52(80)46(28-75)93-62)74-27-41(70-72-74)36-13-9-15-39(65)22-36/h8-9,12-15,21-22,26-27,30,32-34,37,42-58,61-63,66,75-76,78-84H,4-7,10-11,16-20,23-25,28-29H2,1-3H3,(H,67,85)(H,68,77)(H,86,87)/t30?,33?,34?,37?,42?,43-,44-,45+,46?,47?,48?,49?,50-,51?,52+,53+,54?,55?,56?,57?,58?,61-,62-,63+/m1/s1. The van der Waals surface area contributed by atoms with Gasteiger partial charge in [-0.25, -0.2) is 22.9 Å². The molecule has 3 aliphatic heterocycles. The molecule has 15 unspecified atom stereocenters. The van der Waals surface area contributed by atoms with E-state index in [1.165, 1.54) is 67.3 Å². The first-order valence-electron chi connectivity index (χ1n) is 32.5. The van der Waals surface area contributed by atoms with Gasteiger partial charge in [0.2, 0.25) is 11.8 Å². The summed E-state index contributed by atoms with van der Waals surface area (Å²) in [6.45, 7) is 3.80. The Kier molecular flexibility index (Phi) is 24.3. The summed E-state index contributed by atoms with van der Waals surface area (Å²) in [6.07, 6.45) is -16.9. The third-order valence-electron chi connectivity index (χ3n) is 19.3. The van der Waals surface area contributed by atoms with Gasteiger partial charge in [0.1, 0.15) is 96.1 Å². The molecule has 0 spiro atoms. The minimum atomic E-state index is -1.73. The van der Waals surface area contributed by atoms with Gasteiger partial charge in [-0.05, 0) is 87.6 Å². The highest BCUT2D eigenvalue weighted by atomic mass is 19.1. The predicted octanol–water partition coefficient (Wildman–Crippen LogP) is -0.00920. The second-order valence-corrected chi connectivity index (χ2v) is 25.9. The summed E-state index contributed by atoms with van der Waals surface area (Å²) in [5.41, 5.74) is 1.21. The SMILES string of the molecule is CCC1CC(CNCCNC(=O)C2CC(n3cc(-c4cccc(F)c4)nn3)C(O)[C@H](O[C@@H]3OC(CO)[C@H](O)C(n4cc(-c5cccc(F)c5)nn4)C3O)C2)C[C@@H](O[C@@H]2OC(CO)[C@H](O)C(O[C@@H](CC3CCCCC3)C(=O)O)C2NC(C)=O)C1O[C@@H]1OC(C)[C@@H](O)C(O)C1O. The van der Waals surface area contributed by atoms with E-state index in [4.69, 9.17) is 33.2 Å². The fourth-order valence-electron chi connectivity index (χ4n) is 14.3. The maximum Gasteiger partial charge on any atom is 0.332 e. The number of carboxylic acid groups (broad SMARTS) is 1. The van der Waals surface area contributed by atoms with E-state index in [1.54, 1.807) is 12.1 Å². The average Bonchev–Trinajstić information content (AvgIpc) is 1.14. The molecule has 24 atom stereocenters. The Balaban J connectivity index is 0.841. The van der Waals surface area contributed by atoms with Gasteiger partial charge in [-0.2, -0.15) is 0 Å². The molecule has 10 rings (SSSR count). The van der Waals surface area contributed by atoms with Gasteiger partial charge in [-0.15, -0.1) is 10.2 Å². The average molecular weight is 1330 g/mol. The first kappa shape index (κ1) is 71.1. The van der Waals surface area contributed by atoms with Crippen molar-refractivity contribution in [3.8, 4) is 22.5 Å². The van der Waals surface area contributed by atoms with Gasteiger partial charge in [0.05, 0.1) is 56.1 Å². The molecule has 6 aliphatic rings. The molecule has 2 aromatic carbocycles. The Bertz CT molecular complexity index is 3120. The van der Waals surface area contributed by atoms with Crippen molar-refractivity contribution in [1.29, 1.82) is 0 Å². The van der Waals surface area contributed by atoms with Gasteiger partial charge in [-0.1, -0.05) is 80.1 Å². The number of aromatic nitrogens is 6. The van der Waals surface area contributed by atoms with Crippen LogP contribution < -0.4 is 16.0 Å². The van der Waals surface area contributed by atoms with E-state index in [0.717, 1.165) is 36.8 Å². The quantitative estimate of drug-likeness (QED) is 0.0388. The van der Waals surface area contributed by atoms with Crippen LogP contribution in [0.5, 0.6) is 0 Å². The monoisotopic (exact) mass is 1330 g/mol. The van der Waals surface area contributed by atoms with Crippen molar-refractivity contribution >= 4 is 17.8 Å².